The molecule has 0 aliphatic carbocycles. The molecule has 0 radical (unpaired) electrons. The molecule has 1 aromatic rings. The molecular formula is C14H18O2. The zero-order valence-electron chi connectivity index (χ0n) is 9.81. The van der Waals surface area contributed by atoms with Crippen LogP contribution in [0.25, 0.3) is 6.08 Å². The maximum atomic E-state index is 10.3. The Morgan fingerprint density at radius 3 is 2.44 bits per heavy atom. The van der Waals surface area contributed by atoms with Crippen molar-refractivity contribution in [3.05, 3.63) is 41.5 Å². The molecule has 2 heteroatoms. The largest absolute Gasteiger partial charge is 0.481 e. The molecule has 16 heavy (non-hydrogen) atoms. The van der Waals surface area contributed by atoms with E-state index in [1.807, 2.05) is 18.2 Å². The lowest BCUT2D eigenvalue weighted by atomic mass is 10.0. The van der Waals surface area contributed by atoms with E-state index in [0.29, 0.717) is 5.92 Å². The Morgan fingerprint density at radius 1 is 1.31 bits per heavy atom. The van der Waals surface area contributed by atoms with Crippen LogP contribution in [0.3, 0.4) is 0 Å². The number of aliphatic carboxylic acids is 1. The molecule has 0 spiro atoms. The molecule has 0 aromatic heterocycles. The topological polar surface area (TPSA) is 37.3 Å². The first-order valence-electron chi connectivity index (χ1n) is 5.55. The van der Waals surface area contributed by atoms with Crippen molar-refractivity contribution in [2.24, 2.45) is 5.92 Å². The fraction of sp³-hybridized carbons (Fsp3) is 0.357. The van der Waals surface area contributed by atoms with E-state index in [2.05, 4.69) is 26.0 Å². The molecule has 0 saturated heterocycles. The number of carboxylic acids is 1. The van der Waals surface area contributed by atoms with Crippen LogP contribution in [-0.2, 0) is 11.2 Å². The van der Waals surface area contributed by atoms with Crippen molar-refractivity contribution in [2.75, 3.05) is 0 Å². The van der Waals surface area contributed by atoms with Gasteiger partial charge in [-0.25, -0.2) is 0 Å². The molecule has 1 aromatic carbocycles. The molecule has 0 bridgehead atoms. The van der Waals surface area contributed by atoms with Gasteiger partial charge in [-0.2, -0.15) is 0 Å². The summed E-state index contributed by atoms with van der Waals surface area (Å²) in [6.07, 6.45) is 4.67. The van der Waals surface area contributed by atoms with Crippen LogP contribution in [0.1, 0.15) is 31.4 Å². The van der Waals surface area contributed by atoms with Gasteiger partial charge >= 0.3 is 5.97 Å². The van der Waals surface area contributed by atoms with Gasteiger partial charge in [0.1, 0.15) is 0 Å². The number of rotatable bonds is 5. The van der Waals surface area contributed by atoms with E-state index in [4.69, 9.17) is 5.11 Å². The predicted octanol–water partition coefficient (Wildman–Crippen LogP) is 3.37. The van der Waals surface area contributed by atoms with E-state index in [-0.39, 0.29) is 6.42 Å². The van der Waals surface area contributed by atoms with E-state index < -0.39 is 5.97 Å². The standard InChI is InChI=1S/C14H18O2/c1-11(2)10-13-8-6-12(7-9-13)4-3-5-14(15)16/h3-4,6-9,11H,5,10H2,1-2H3,(H,15,16)/b4-3+. The Balaban J connectivity index is 2.57. The number of hydrogen-bond acceptors (Lipinski definition) is 1. The van der Waals surface area contributed by atoms with Crippen LogP contribution < -0.4 is 0 Å². The summed E-state index contributed by atoms with van der Waals surface area (Å²) in [4.78, 5) is 10.3. The van der Waals surface area contributed by atoms with Gasteiger partial charge in [-0.1, -0.05) is 50.3 Å². The molecule has 1 N–H and O–H groups in total. The third-order valence-electron chi connectivity index (χ3n) is 2.23. The van der Waals surface area contributed by atoms with E-state index in [9.17, 15) is 4.79 Å². The lowest BCUT2D eigenvalue weighted by Gasteiger charge is -2.04. The molecule has 0 aliphatic heterocycles. The van der Waals surface area contributed by atoms with Crippen molar-refractivity contribution in [1.82, 2.24) is 0 Å². The van der Waals surface area contributed by atoms with Crippen molar-refractivity contribution in [3.8, 4) is 0 Å². The first-order valence-corrected chi connectivity index (χ1v) is 5.55. The molecule has 0 amide bonds. The van der Waals surface area contributed by atoms with Crippen LogP contribution in [0.5, 0.6) is 0 Å². The van der Waals surface area contributed by atoms with Crippen LogP contribution in [0.4, 0.5) is 0 Å². The van der Waals surface area contributed by atoms with Crippen LogP contribution in [0.2, 0.25) is 0 Å². The minimum atomic E-state index is -0.798. The van der Waals surface area contributed by atoms with Crippen molar-refractivity contribution in [3.63, 3.8) is 0 Å². The van der Waals surface area contributed by atoms with Gasteiger partial charge in [0, 0.05) is 0 Å². The number of carboxylic acid groups (broad SMARTS) is 1. The second kappa shape index (κ2) is 6.11. The lowest BCUT2D eigenvalue weighted by Crippen LogP contribution is -1.93. The maximum absolute atomic E-state index is 10.3. The highest BCUT2D eigenvalue weighted by Crippen LogP contribution is 2.10. The van der Waals surface area contributed by atoms with Crippen LogP contribution in [0, 0.1) is 5.92 Å². The summed E-state index contributed by atoms with van der Waals surface area (Å²) >= 11 is 0. The fourth-order valence-electron chi connectivity index (χ4n) is 1.53. The lowest BCUT2D eigenvalue weighted by molar-refractivity contribution is -0.135. The number of hydrogen-bond donors (Lipinski definition) is 1. The fourth-order valence-corrected chi connectivity index (χ4v) is 1.53. The van der Waals surface area contributed by atoms with Gasteiger partial charge in [-0.15, -0.1) is 0 Å². The Bertz CT molecular complexity index is 361. The van der Waals surface area contributed by atoms with E-state index in [1.54, 1.807) is 6.08 Å². The quantitative estimate of drug-likeness (QED) is 0.822. The van der Waals surface area contributed by atoms with Crippen molar-refractivity contribution < 1.29 is 9.90 Å². The van der Waals surface area contributed by atoms with Crippen LogP contribution in [-0.4, -0.2) is 11.1 Å². The molecule has 2 nitrogen and oxygen atoms in total. The number of carbonyl (C=O) groups is 1. The summed E-state index contributed by atoms with van der Waals surface area (Å²) < 4.78 is 0. The molecular weight excluding hydrogens is 200 g/mol. The van der Waals surface area contributed by atoms with Crippen LogP contribution in [0.15, 0.2) is 30.3 Å². The Labute approximate surface area is 96.6 Å². The highest BCUT2D eigenvalue weighted by atomic mass is 16.4. The SMILES string of the molecule is CC(C)Cc1ccc(/C=C/CC(=O)O)cc1. The summed E-state index contributed by atoms with van der Waals surface area (Å²) in [5.74, 6) is -0.138. The highest BCUT2D eigenvalue weighted by Gasteiger charge is 1.97. The van der Waals surface area contributed by atoms with E-state index >= 15 is 0 Å². The minimum Gasteiger partial charge on any atom is -0.481 e. The summed E-state index contributed by atoms with van der Waals surface area (Å²) in [6.45, 7) is 4.39. The Kier molecular flexibility index (Phi) is 4.77. The smallest absolute Gasteiger partial charge is 0.307 e. The maximum Gasteiger partial charge on any atom is 0.307 e. The Hall–Kier alpha value is -1.57. The third kappa shape index (κ3) is 4.78. The molecule has 0 fully saturated rings. The second-order valence-electron chi connectivity index (χ2n) is 4.34. The summed E-state index contributed by atoms with van der Waals surface area (Å²) in [6, 6.07) is 8.24. The molecule has 0 saturated carbocycles. The zero-order chi connectivity index (χ0) is 12.0. The average Bonchev–Trinajstić information content (AvgIpc) is 2.19. The van der Waals surface area contributed by atoms with Gasteiger partial charge in [0.2, 0.25) is 0 Å². The normalized spacial score (nSPS) is 11.2. The molecule has 0 atom stereocenters. The van der Waals surface area contributed by atoms with Crippen molar-refractivity contribution in [1.29, 1.82) is 0 Å². The second-order valence-corrected chi connectivity index (χ2v) is 4.34. The van der Waals surface area contributed by atoms with Gasteiger partial charge in [0.15, 0.2) is 0 Å². The van der Waals surface area contributed by atoms with Gasteiger partial charge in [0.05, 0.1) is 6.42 Å². The van der Waals surface area contributed by atoms with Gasteiger partial charge in [-0.05, 0) is 23.5 Å². The average molecular weight is 218 g/mol. The van der Waals surface area contributed by atoms with E-state index in [1.165, 1.54) is 5.56 Å². The molecule has 1 rings (SSSR count). The van der Waals surface area contributed by atoms with Crippen LogP contribution >= 0.6 is 0 Å². The molecule has 0 aliphatic rings. The predicted molar refractivity (Wildman–Crippen MR) is 66.3 cm³/mol. The van der Waals surface area contributed by atoms with Crippen molar-refractivity contribution in [2.45, 2.75) is 26.7 Å². The van der Waals surface area contributed by atoms with Gasteiger partial charge in [-0.3, -0.25) is 4.79 Å². The Morgan fingerprint density at radius 2 is 1.94 bits per heavy atom. The molecule has 0 unspecified atom stereocenters. The van der Waals surface area contributed by atoms with E-state index in [0.717, 1.165) is 12.0 Å². The monoisotopic (exact) mass is 218 g/mol. The zero-order valence-corrected chi connectivity index (χ0v) is 9.81. The minimum absolute atomic E-state index is 0.0771. The van der Waals surface area contributed by atoms with Crippen molar-refractivity contribution >= 4 is 12.0 Å². The summed E-state index contributed by atoms with van der Waals surface area (Å²) in [5.41, 5.74) is 2.37. The van der Waals surface area contributed by atoms with Gasteiger partial charge < -0.3 is 5.11 Å². The number of benzene rings is 1. The highest BCUT2D eigenvalue weighted by molar-refractivity contribution is 5.70. The third-order valence-corrected chi connectivity index (χ3v) is 2.23. The van der Waals surface area contributed by atoms with Gasteiger partial charge in [0.25, 0.3) is 0 Å². The molecule has 0 heterocycles. The summed E-state index contributed by atoms with van der Waals surface area (Å²) in [5, 5.41) is 8.48. The summed E-state index contributed by atoms with van der Waals surface area (Å²) in [7, 11) is 0. The molecule has 86 valence electrons. The first kappa shape index (κ1) is 12.5. The first-order chi connectivity index (χ1) is 7.58.